The number of sulfone groups is 1. The lowest BCUT2D eigenvalue weighted by Crippen LogP contribution is -2.31. The molecule has 0 aliphatic rings. The van der Waals surface area contributed by atoms with Gasteiger partial charge in [0, 0.05) is 13.7 Å². The van der Waals surface area contributed by atoms with Gasteiger partial charge in [-0.15, -0.1) is 0 Å². The molecule has 1 unspecified atom stereocenters. The minimum atomic E-state index is -2.97. The highest BCUT2D eigenvalue weighted by Crippen LogP contribution is 2.00. The molecule has 0 spiro atoms. The first-order valence-electron chi connectivity index (χ1n) is 3.89. The molecular weight excluding hydrogens is 178 g/mol. The normalized spacial score (nSPS) is 14.6. The van der Waals surface area contributed by atoms with E-state index in [1.807, 2.05) is 0 Å². The van der Waals surface area contributed by atoms with Crippen LogP contribution in [0.2, 0.25) is 0 Å². The molecule has 0 rings (SSSR count). The number of hydrogen-bond donors (Lipinski definition) is 1. The summed E-state index contributed by atoms with van der Waals surface area (Å²) < 4.78 is 27.4. The summed E-state index contributed by atoms with van der Waals surface area (Å²) in [5.74, 6) is 0.104. The van der Waals surface area contributed by atoms with Crippen LogP contribution in [-0.4, -0.2) is 46.7 Å². The van der Waals surface area contributed by atoms with Crippen LogP contribution in [-0.2, 0) is 14.6 Å². The Labute approximate surface area is 74.2 Å². The predicted molar refractivity (Wildman–Crippen MR) is 49.1 cm³/mol. The van der Waals surface area contributed by atoms with Crippen molar-refractivity contribution < 1.29 is 13.2 Å². The van der Waals surface area contributed by atoms with Gasteiger partial charge in [-0.05, 0) is 14.0 Å². The molecule has 4 nitrogen and oxygen atoms in total. The standard InChI is InChI=1S/C7H17NO3S/c1-7(6-8-2)12(9,10)5-4-11-3/h7-8H,4-6H2,1-3H3. The van der Waals surface area contributed by atoms with E-state index in [0.717, 1.165) is 0 Å². The molecule has 74 valence electrons. The van der Waals surface area contributed by atoms with E-state index in [2.05, 4.69) is 5.32 Å². The fraction of sp³-hybridized carbons (Fsp3) is 1.00. The zero-order chi connectivity index (χ0) is 9.61. The summed E-state index contributed by atoms with van der Waals surface area (Å²) in [4.78, 5) is 0. The number of nitrogens with one attached hydrogen (secondary N) is 1. The number of hydrogen-bond acceptors (Lipinski definition) is 4. The van der Waals surface area contributed by atoms with E-state index in [1.165, 1.54) is 7.11 Å². The van der Waals surface area contributed by atoms with Gasteiger partial charge >= 0.3 is 0 Å². The van der Waals surface area contributed by atoms with Crippen molar-refractivity contribution in [1.29, 1.82) is 0 Å². The van der Waals surface area contributed by atoms with Gasteiger partial charge in [0.25, 0.3) is 0 Å². The second kappa shape index (κ2) is 5.50. The fourth-order valence-corrected chi connectivity index (χ4v) is 2.04. The molecule has 1 atom stereocenters. The van der Waals surface area contributed by atoms with Crippen LogP contribution >= 0.6 is 0 Å². The van der Waals surface area contributed by atoms with Gasteiger partial charge in [-0.3, -0.25) is 0 Å². The van der Waals surface area contributed by atoms with Crippen molar-refractivity contribution >= 4 is 9.84 Å². The molecule has 0 radical (unpaired) electrons. The number of ether oxygens (including phenoxy) is 1. The molecule has 0 fully saturated rings. The van der Waals surface area contributed by atoms with Gasteiger partial charge < -0.3 is 10.1 Å². The Bertz CT molecular complexity index is 201. The molecular formula is C7H17NO3S. The smallest absolute Gasteiger partial charge is 0.156 e. The largest absolute Gasteiger partial charge is 0.384 e. The molecule has 12 heavy (non-hydrogen) atoms. The van der Waals surface area contributed by atoms with Crippen LogP contribution in [0.25, 0.3) is 0 Å². The fourth-order valence-electron chi connectivity index (χ4n) is 0.815. The first-order valence-corrected chi connectivity index (χ1v) is 5.61. The van der Waals surface area contributed by atoms with Crippen LogP contribution in [0.3, 0.4) is 0 Å². The maximum atomic E-state index is 11.4. The molecule has 0 aromatic carbocycles. The highest BCUT2D eigenvalue weighted by molar-refractivity contribution is 7.92. The minimum absolute atomic E-state index is 0.104. The van der Waals surface area contributed by atoms with Crippen LogP contribution in [0.5, 0.6) is 0 Å². The number of methoxy groups -OCH3 is 1. The average Bonchev–Trinajstić information content (AvgIpc) is 2.01. The first-order chi connectivity index (χ1) is 5.54. The van der Waals surface area contributed by atoms with Gasteiger partial charge in [-0.2, -0.15) is 0 Å². The van der Waals surface area contributed by atoms with Crippen LogP contribution in [0.15, 0.2) is 0 Å². The van der Waals surface area contributed by atoms with Crippen LogP contribution in [0, 0.1) is 0 Å². The van der Waals surface area contributed by atoms with E-state index in [4.69, 9.17) is 4.74 Å². The summed E-state index contributed by atoms with van der Waals surface area (Å²) >= 11 is 0. The molecule has 0 saturated carbocycles. The molecule has 0 aromatic rings. The summed E-state index contributed by atoms with van der Waals surface area (Å²) in [5.41, 5.74) is 0. The van der Waals surface area contributed by atoms with Crippen molar-refractivity contribution in [1.82, 2.24) is 5.32 Å². The zero-order valence-electron chi connectivity index (χ0n) is 7.83. The van der Waals surface area contributed by atoms with Crippen molar-refractivity contribution in [3.8, 4) is 0 Å². The van der Waals surface area contributed by atoms with E-state index in [0.29, 0.717) is 6.54 Å². The van der Waals surface area contributed by atoms with E-state index in [1.54, 1.807) is 14.0 Å². The molecule has 0 bridgehead atoms. The van der Waals surface area contributed by atoms with Crippen molar-refractivity contribution in [2.24, 2.45) is 0 Å². The predicted octanol–water partition coefficient (Wildman–Crippen LogP) is -0.344. The summed E-state index contributed by atoms with van der Waals surface area (Å²) in [6.07, 6.45) is 0. The highest BCUT2D eigenvalue weighted by Gasteiger charge is 2.18. The van der Waals surface area contributed by atoms with E-state index in [-0.39, 0.29) is 17.6 Å². The van der Waals surface area contributed by atoms with Crippen LogP contribution < -0.4 is 5.32 Å². The second-order valence-electron chi connectivity index (χ2n) is 2.73. The third kappa shape index (κ3) is 4.04. The molecule has 0 saturated heterocycles. The van der Waals surface area contributed by atoms with Crippen molar-refractivity contribution in [3.05, 3.63) is 0 Å². The Morgan fingerprint density at radius 2 is 2.08 bits per heavy atom. The summed E-state index contributed by atoms with van der Waals surface area (Å²) in [6, 6.07) is 0. The lowest BCUT2D eigenvalue weighted by atomic mass is 10.5. The molecule has 1 N–H and O–H groups in total. The quantitative estimate of drug-likeness (QED) is 0.630. The van der Waals surface area contributed by atoms with Gasteiger partial charge in [-0.25, -0.2) is 8.42 Å². The molecule has 5 heteroatoms. The van der Waals surface area contributed by atoms with E-state index < -0.39 is 9.84 Å². The Kier molecular flexibility index (Phi) is 5.44. The Hall–Kier alpha value is -0.130. The van der Waals surface area contributed by atoms with Gasteiger partial charge in [0.15, 0.2) is 9.84 Å². The van der Waals surface area contributed by atoms with Crippen molar-refractivity contribution in [2.75, 3.05) is 33.1 Å². The van der Waals surface area contributed by atoms with Gasteiger partial charge in [-0.1, -0.05) is 0 Å². The Balaban J connectivity index is 4.01. The zero-order valence-corrected chi connectivity index (χ0v) is 8.65. The average molecular weight is 195 g/mol. The lowest BCUT2D eigenvalue weighted by Gasteiger charge is -2.11. The van der Waals surface area contributed by atoms with E-state index >= 15 is 0 Å². The van der Waals surface area contributed by atoms with E-state index in [9.17, 15) is 8.42 Å². The Morgan fingerprint density at radius 3 is 2.50 bits per heavy atom. The second-order valence-corrected chi connectivity index (χ2v) is 5.27. The molecule has 0 amide bonds. The first kappa shape index (κ1) is 11.9. The maximum absolute atomic E-state index is 11.4. The van der Waals surface area contributed by atoms with Gasteiger partial charge in [0.05, 0.1) is 17.6 Å². The van der Waals surface area contributed by atoms with Crippen LogP contribution in [0.1, 0.15) is 6.92 Å². The monoisotopic (exact) mass is 195 g/mol. The minimum Gasteiger partial charge on any atom is -0.384 e. The van der Waals surface area contributed by atoms with Gasteiger partial charge in [0.2, 0.25) is 0 Å². The third-order valence-electron chi connectivity index (χ3n) is 1.68. The summed E-state index contributed by atoms with van der Waals surface area (Å²) in [7, 11) is 0.265. The topological polar surface area (TPSA) is 55.4 Å². The maximum Gasteiger partial charge on any atom is 0.156 e. The Morgan fingerprint density at radius 1 is 1.50 bits per heavy atom. The third-order valence-corrected chi connectivity index (χ3v) is 3.81. The summed E-state index contributed by atoms with van der Waals surface area (Å²) in [6.45, 7) is 2.46. The van der Waals surface area contributed by atoms with Crippen molar-refractivity contribution in [3.63, 3.8) is 0 Å². The van der Waals surface area contributed by atoms with Crippen LogP contribution in [0.4, 0.5) is 0 Å². The molecule has 0 heterocycles. The SMILES string of the molecule is CNCC(C)S(=O)(=O)CCOC. The lowest BCUT2D eigenvalue weighted by molar-refractivity contribution is 0.217. The summed E-state index contributed by atoms with van der Waals surface area (Å²) in [5, 5.41) is 2.49. The highest BCUT2D eigenvalue weighted by atomic mass is 32.2. The molecule has 0 aliphatic carbocycles. The van der Waals surface area contributed by atoms with Gasteiger partial charge in [0.1, 0.15) is 0 Å². The molecule has 0 aromatic heterocycles. The number of rotatable bonds is 6. The molecule has 0 aliphatic heterocycles. The van der Waals surface area contributed by atoms with Crippen molar-refractivity contribution in [2.45, 2.75) is 12.2 Å².